The van der Waals surface area contributed by atoms with Gasteiger partial charge in [-0.25, -0.2) is 0 Å². The predicted molar refractivity (Wildman–Crippen MR) is 91.1 cm³/mol. The van der Waals surface area contributed by atoms with Gasteiger partial charge in [-0.1, -0.05) is 50.1 Å². The lowest BCUT2D eigenvalue weighted by atomic mass is 10.1. The van der Waals surface area contributed by atoms with E-state index in [2.05, 4.69) is 19.1 Å². The van der Waals surface area contributed by atoms with Crippen molar-refractivity contribution in [1.29, 1.82) is 0 Å². The Hall–Kier alpha value is -1.71. The molecule has 0 spiro atoms. The van der Waals surface area contributed by atoms with Crippen LogP contribution in [0.5, 0.6) is 0 Å². The second kappa shape index (κ2) is 15.7. The van der Waals surface area contributed by atoms with Crippen LogP contribution in [0, 0.1) is 10.1 Å². The van der Waals surface area contributed by atoms with Gasteiger partial charge in [0.25, 0.3) is 0 Å². The van der Waals surface area contributed by atoms with Crippen LogP contribution in [0.3, 0.4) is 0 Å². The lowest BCUT2D eigenvalue weighted by molar-refractivity contribution is -0.510. The predicted octanol–water partition coefficient (Wildman–Crippen LogP) is 4.94. The molecule has 0 fully saturated rings. The van der Waals surface area contributed by atoms with E-state index in [9.17, 15) is 14.9 Å². The summed E-state index contributed by atoms with van der Waals surface area (Å²) in [4.78, 5) is 20.7. The van der Waals surface area contributed by atoms with Gasteiger partial charge in [0.2, 0.25) is 6.04 Å². The summed E-state index contributed by atoms with van der Waals surface area (Å²) in [6.45, 7) is 2.09. The third-order valence-corrected chi connectivity index (χ3v) is 3.29. The van der Waals surface area contributed by atoms with Gasteiger partial charge in [-0.2, -0.15) is 0 Å². The van der Waals surface area contributed by atoms with Crippen LogP contribution >= 0.6 is 0 Å². The van der Waals surface area contributed by atoms with Crippen molar-refractivity contribution in [3.8, 4) is 0 Å². The van der Waals surface area contributed by atoms with Crippen LogP contribution in [0.25, 0.3) is 0 Å². The van der Waals surface area contributed by atoms with E-state index in [-0.39, 0.29) is 4.92 Å². The van der Waals surface area contributed by atoms with E-state index in [4.69, 9.17) is 0 Å². The standard InChI is InChI=1S/C18H28NO3/c1-2-3-12-15-18(19(21)22)16-13-10-8-6-4-5-7-9-11-14-17-20/h4-5,8,10,13,16,18H,2-3,6-7,9,11-12,14-15H2,1H3/b5-4-,10-8-,16-13+. The molecule has 0 rings (SSSR count). The summed E-state index contributed by atoms with van der Waals surface area (Å²) in [5.74, 6) is 0. The normalized spacial score (nSPS) is 13.3. The molecule has 1 atom stereocenters. The number of carbonyl (C=O) groups excluding carboxylic acids is 1. The number of nitro groups is 1. The summed E-state index contributed by atoms with van der Waals surface area (Å²) in [6.07, 6.45) is 21.2. The summed E-state index contributed by atoms with van der Waals surface area (Å²) in [5, 5.41) is 10.9. The van der Waals surface area contributed by atoms with Crippen molar-refractivity contribution < 1.29 is 9.72 Å². The van der Waals surface area contributed by atoms with Gasteiger partial charge in [0.05, 0.1) is 0 Å². The maximum absolute atomic E-state index is 10.9. The van der Waals surface area contributed by atoms with Crippen molar-refractivity contribution in [2.75, 3.05) is 0 Å². The number of hydrogen-bond donors (Lipinski definition) is 0. The van der Waals surface area contributed by atoms with Crippen LogP contribution in [-0.2, 0) is 4.79 Å². The minimum atomic E-state index is -0.568. The number of hydrogen-bond acceptors (Lipinski definition) is 3. The third kappa shape index (κ3) is 13.3. The van der Waals surface area contributed by atoms with E-state index >= 15 is 0 Å². The SMILES string of the molecule is CCCCCC(/C=C/C=C\C/C=C\CCCC[C]=O)[N+](=O)[O-]. The zero-order valence-electron chi connectivity index (χ0n) is 13.6. The van der Waals surface area contributed by atoms with Crippen molar-refractivity contribution in [2.45, 2.75) is 70.8 Å². The van der Waals surface area contributed by atoms with Gasteiger partial charge < -0.3 is 0 Å². The lowest BCUT2D eigenvalue weighted by Gasteiger charge is -2.03. The largest absolute Gasteiger partial charge is 0.291 e. The molecule has 0 aliphatic carbocycles. The molecule has 0 saturated heterocycles. The van der Waals surface area contributed by atoms with Gasteiger partial charge >= 0.3 is 0 Å². The molecule has 22 heavy (non-hydrogen) atoms. The highest BCUT2D eigenvalue weighted by Gasteiger charge is 2.14. The van der Waals surface area contributed by atoms with Gasteiger partial charge in [0.1, 0.15) is 0 Å². The molecule has 0 aliphatic heterocycles. The topological polar surface area (TPSA) is 60.2 Å². The number of allylic oxidation sites excluding steroid dienone is 5. The van der Waals surface area contributed by atoms with Crippen LogP contribution < -0.4 is 0 Å². The zero-order valence-corrected chi connectivity index (χ0v) is 13.6. The van der Waals surface area contributed by atoms with Crippen molar-refractivity contribution >= 4 is 6.29 Å². The quantitative estimate of drug-likeness (QED) is 0.150. The first-order valence-corrected chi connectivity index (χ1v) is 8.19. The fourth-order valence-electron chi connectivity index (χ4n) is 1.98. The van der Waals surface area contributed by atoms with Gasteiger partial charge in [-0.15, -0.1) is 0 Å². The Labute approximate surface area is 134 Å². The molecule has 1 unspecified atom stereocenters. The fourth-order valence-corrected chi connectivity index (χ4v) is 1.98. The average molecular weight is 306 g/mol. The highest BCUT2D eigenvalue weighted by molar-refractivity contribution is 5.50. The summed E-state index contributed by atoms with van der Waals surface area (Å²) >= 11 is 0. The Morgan fingerprint density at radius 1 is 1.09 bits per heavy atom. The molecule has 0 bridgehead atoms. The minimum Gasteiger partial charge on any atom is -0.291 e. The smallest absolute Gasteiger partial charge is 0.231 e. The second-order valence-electron chi connectivity index (χ2n) is 5.26. The van der Waals surface area contributed by atoms with E-state index in [0.29, 0.717) is 12.8 Å². The maximum atomic E-state index is 10.9. The van der Waals surface area contributed by atoms with Crippen LogP contribution in [0.1, 0.15) is 64.7 Å². The Balaban J connectivity index is 3.84. The lowest BCUT2D eigenvalue weighted by Crippen LogP contribution is -2.16. The Morgan fingerprint density at radius 2 is 1.91 bits per heavy atom. The molecule has 0 saturated carbocycles. The maximum Gasteiger partial charge on any atom is 0.231 e. The van der Waals surface area contributed by atoms with Crippen molar-refractivity contribution in [1.82, 2.24) is 0 Å². The van der Waals surface area contributed by atoms with E-state index in [1.54, 1.807) is 12.2 Å². The summed E-state index contributed by atoms with van der Waals surface area (Å²) in [5.41, 5.74) is 0. The van der Waals surface area contributed by atoms with Crippen molar-refractivity contribution in [3.63, 3.8) is 0 Å². The number of unbranched alkanes of at least 4 members (excludes halogenated alkanes) is 5. The molecular formula is C18H28NO3. The van der Waals surface area contributed by atoms with E-state index in [0.717, 1.165) is 44.9 Å². The Kier molecular flexibility index (Phi) is 14.5. The van der Waals surface area contributed by atoms with Crippen molar-refractivity contribution in [2.24, 2.45) is 0 Å². The van der Waals surface area contributed by atoms with Crippen LogP contribution in [-0.4, -0.2) is 17.3 Å². The minimum absolute atomic E-state index is 0.212. The van der Waals surface area contributed by atoms with E-state index in [1.807, 2.05) is 18.4 Å². The Morgan fingerprint density at radius 3 is 2.59 bits per heavy atom. The van der Waals surface area contributed by atoms with Gasteiger partial charge in [-0.3, -0.25) is 14.9 Å². The molecule has 0 aromatic heterocycles. The third-order valence-electron chi connectivity index (χ3n) is 3.29. The van der Waals surface area contributed by atoms with Crippen LogP contribution in [0.2, 0.25) is 0 Å². The average Bonchev–Trinajstić information content (AvgIpc) is 2.50. The highest BCUT2D eigenvalue weighted by Crippen LogP contribution is 2.07. The van der Waals surface area contributed by atoms with E-state index in [1.165, 1.54) is 0 Å². The summed E-state index contributed by atoms with van der Waals surface area (Å²) in [7, 11) is 0. The number of nitrogens with zero attached hydrogens (tertiary/aromatic N) is 1. The fraction of sp³-hybridized carbons (Fsp3) is 0.611. The molecular weight excluding hydrogens is 278 g/mol. The first kappa shape index (κ1) is 20.3. The molecule has 123 valence electrons. The molecule has 0 amide bonds. The summed E-state index contributed by atoms with van der Waals surface area (Å²) < 4.78 is 0. The highest BCUT2D eigenvalue weighted by atomic mass is 16.6. The molecule has 1 radical (unpaired) electrons. The second-order valence-corrected chi connectivity index (χ2v) is 5.26. The van der Waals surface area contributed by atoms with Gasteiger partial charge in [-0.05, 0) is 38.2 Å². The zero-order chi connectivity index (χ0) is 16.5. The molecule has 0 aromatic carbocycles. The van der Waals surface area contributed by atoms with Crippen LogP contribution in [0.15, 0.2) is 36.5 Å². The molecule has 4 heteroatoms. The van der Waals surface area contributed by atoms with E-state index < -0.39 is 6.04 Å². The molecule has 0 N–H and O–H groups in total. The molecule has 0 aromatic rings. The monoisotopic (exact) mass is 306 g/mol. The van der Waals surface area contributed by atoms with Crippen molar-refractivity contribution in [3.05, 3.63) is 46.6 Å². The first-order valence-electron chi connectivity index (χ1n) is 8.19. The Bertz CT molecular complexity index is 373. The molecule has 4 nitrogen and oxygen atoms in total. The van der Waals surface area contributed by atoms with Gasteiger partial charge in [0, 0.05) is 17.8 Å². The first-order chi connectivity index (χ1) is 10.7. The summed E-state index contributed by atoms with van der Waals surface area (Å²) in [6, 6.07) is -0.568. The van der Waals surface area contributed by atoms with Gasteiger partial charge in [0.15, 0.2) is 6.29 Å². The van der Waals surface area contributed by atoms with Crippen LogP contribution in [0.4, 0.5) is 0 Å². The molecule has 0 heterocycles. The molecule has 0 aliphatic rings. The number of rotatable bonds is 14.